The van der Waals surface area contributed by atoms with E-state index in [0.717, 1.165) is 35.2 Å². The van der Waals surface area contributed by atoms with E-state index in [2.05, 4.69) is 56.3 Å². The molecule has 2 heteroatoms. The van der Waals surface area contributed by atoms with Crippen LogP contribution in [0.1, 0.15) is 43.0 Å². The zero-order chi connectivity index (χ0) is 15.8. The average Bonchev–Trinajstić information content (AvgIpc) is 3.03. The second kappa shape index (κ2) is 5.69. The Labute approximate surface area is 137 Å². The maximum absolute atomic E-state index is 6.33. The molecule has 0 saturated heterocycles. The summed E-state index contributed by atoms with van der Waals surface area (Å²) in [4.78, 5) is 4.82. The highest BCUT2D eigenvalue weighted by Gasteiger charge is 2.21. The van der Waals surface area contributed by atoms with Crippen molar-refractivity contribution in [1.29, 1.82) is 0 Å². The van der Waals surface area contributed by atoms with Crippen molar-refractivity contribution in [2.45, 2.75) is 39.0 Å². The van der Waals surface area contributed by atoms with E-state index in [-0.39, 0.29) is 0 Å². The first-order chi connectivity index (χ1) is 11.2. The number of pyridine rings is 1. The van der Waals surface area contributed by atoms with Gasteiger partial charge in [0.05, 0.1) is 5.52 Å². The molecule has 116 valence electrons. The number of nitrogens with zero attached hydrogens (tertiary/aromatic N) is 1. The summed E-state index contributed by atoms with van der Waals surface area (Å²) in [6, 6.07) is 16.7. The Morgan fingerprint density at radius 2 is 1.74 bits per heavy atom. The predicted octanol–water partition coefficient (Wildman–Crippen LogP) is 5.64. The van der Waals surface area contributed by atoms with Gasteiger partial charge in [-0.3, -0.25) is 4.98 Å². The zero-order valence-corrected chi connectivity index (χ0v) is 13.7. The molecular formula is C21H21NO. The molecule has 4 rings (SSSR count). The second-order valence-corrected chi connectivity index (χ2v) is 6.56. The molecule has 1 aliphatic rings. The zero-order valence-electron chi connectivity index (χ0n) is 13.7. The van der Waals surface area contributed by atoms with Gasteiger partial charge in [-0.1, -0.05) is 38.1 Å². The summed E-state index contributed by atoms with van der Waals surface area (Å²) in [6.07, 6.45) is 3.29. The van der Waals surface area contributed by atoms with Crippen LogP contribution in [0.2, 0.25) is 0 Å². The first-order valence-electron chi connectivity index (χ1n) is 8.40. The predicted molar refractivity (Wildman–Crippen MR) is 94.4 cm³/mol. The van der Waals surface area contributed by atoms with Gasteiger partial charge in [0, 0.05) is 16.6 Å². The summed E-state index contributed by atoms with van der Waals surface area (Å²) in [7, 11) is 0. The number of fused-ring (bicyclic) bond motifs is 2. The van der Waals surface area contributed by atoms with Gasteiger partial charge in [0.15, 0.2) is 0 Å². The number of ether oxygens (including phenoxy) is 1. The van der Waals surface area contributed by atoms with Crippen LogP contribution in [0.3, 0.4) is 0 Å². The minimum absolute atomic E-state index is 0.537. The summed E-state index contributed by atoms with van der Waals surface area (Å²) >= 11 is 0. The summed E-state index contributed by atoms with van der Waals surface area (Å²) in [6.45, 7) is 4.41. The van der Waals surface area contributed by atoms with Crippen molar-refractivity contribution in [2.75, 3.05) is 0 Å². The van der Waals surface area contributed by atoms with E-state index >= 15 is 0 Å². The summed E-state index contributed by atoms with van der Waals surface area (Å²) < 4.78 is 6.33. The third kappa shape index (κ3) is 2.59. The Morgan fingerprint density at radius 1 is 0.957 bits per heavy atom. The SMILES string of the molecule is CC(C)c1ccc(Oc2c3c(nc4ccccc24)CCC3)cc1. The average molecular weight is 303 g/mol. The van der Waals surface area contributed by atoms with Crippen LogP contribution in [0.15, 0.2) is 48.5 Å². The van der Waals surface area contributed by atoms with Gasteiger partial charge in [-0.2, -0.15) is 0 Å². The summed E-state index contributed by atoms with van der Waals surface area (Å²) in [5, 5.41) is 1.11. The molecule has 0 spiro atoms. The van der Waals surface area contributed by atoms with E-state index in [1.807, 2.05) is 6.07 Å². The number of hydrogen-bond acceptors (Lipinski definition) is 2. The highest BCUT2D eigenvalue weighted by Crippen LogP contribution is 2.38. The van der Waals surface area contributed by atoms with Gasteiger partial charge in [-0.25, -0.2) is 0 Å². The van der Waals surface area contributed by atoms with E-state index in [1.54, 1.807) is 0 Å². The van der Waals surface area contributed by atoms with Crippen molar-refractivity contribution in [3.63, 3.8) is 0 Å². The van der Waals surface area contributed by atoms with Crippen LogP contribution in [0, 0.1) is 0 Å². The molecule has 0 fully saturated rings. The Balaban J connectivity index is 1.79. The van der Waals surface area contributed by atoms with Crippen molar-refractivity contribution in [2.24, 2.45) is 0 Å². The van der Waals surface area contributed by atoms with Crippen molar-refractivity contribution in [3.05, 3.63) is 65.4 Å². The lowest BCUT2D eigenvalue weighted by molar-refractivity contribution is 0.482. The Hall–Kier alpha value is -2.35. The Kier molecular flexibility index (Phi) is 3.53. The monoisotopic (exact) mass is 303 g/mol. The molecule has 1 aromatic heterocycles. The van der Waals surface area contributed by atoms with Gasteiger partial charge in [0.2, 0.25) is 0 Å². The van der Waals surface area contributed by atoms with E-state index in [0.29, 0.717) is 5.92 Å². The second-order valence-electron chi connectivity index (χ2n) is 6.56. The van der Waals surface area contributed by atoms with Crippen LogP contribution in [-0.2, 0) is 12.8 Å². The lowest BCUT2D eigenvalue weighted by Gasteiger charge is -2.14. The van der Waals surface area contributed by atoms with Crippen LogP contribution in [0.25, 0.3) is 10.9 Å². The first-order valence-corrected chi connectivity index (χ1v) is 8.40. The van der Waals surface area contributed by atoms with Crippen molar-refractivity contribution >= 4 is 10.9 Å². The van der Waals surface area contributed by atoms with E-state index in [4.69, 9.17) is 9.72 Å². The van der Waals surface area contributed by atoms with Gasteiger partial charge in [0.1, 0.15) is 11.5 Å². The molecule has 2 nitrogen and oxygen atoms in total. The number of hydrogen-bond donors (Lipinski definition) is 0. The van der Waals surface area contributed by atoms with Crippen molar-refractivity contribution in [3.8, 4) is 11.5 Å². The standard InChI is InChI=1S/C21H21NO/c1-14(2)15-10-12-16(13-11-15)23-21-17-6-3-4-8-19(17)22-20-9-5-7-18(20)21/h3-4,6,8,10-14H,5,7,9H2,1-2H3. The molecule has 2 aromatic carbocycles. The van der Waals surface area contributed by atoms with Gasteiger partial charge < -0.3 is 4.74 Å². The summed E-state index contributed by atoms with van der Waals surface area (Å²) in [5.74, 6) is 2.44. The Morgan fingerprint density at radius 3 is 2.52 bits per heavy atom. The number of aryl methyl sites for hydroxylation is 1. The molecule has 0 unspecified atom stereocenters. The van der Waals surface area contributed by atoms with E-state index < -0.39 is 0 Å². The fraction of sp³-hybridized carbons (Fsp3) is 0.286. The fourth-order valence-corrected chi connectivity index (χ4v) is 3.32. The maximum Gasteiger partial charge on any atom is 0.141 e. The van der Waals surface area contributed by atoms with Crippen LogP contribution in [0.5, 0.6) is 11.5 Å². The number of para-hydroxylation sites is 1. The Bertz CT molecular complexity index is 850. The lowest BCUT2D eigenvalue weighted by atomic mass is 10.0. The van der Waals surface area contributed by atoms with E-state index in [9.17, 15) is 0 Å². The van der Waals surface area contributed by atoms with Crippen molar-refractivity contribution in [1.82, 2.24) is 4.98 Å². The maximum atomic E-state index is 6.33. The number of rotatable bonds is 3. The smallest absolute Gasteiger partial charge is 0.141 e. The van der Waals surface area contributed by atoms with Gasteiger partial charge in [0.25, 0.3) is 0 Å². The van der Waals surface area contributed by atoms with Gasteiger partial charge in [-0.05, 0) is 55.0 Å². The normalized spacial score (nSPS) is 13.5. The molecule has 23 heavy (non-hydrogen) atoms. The van der Waals surface area contributed by atoms with Gasteiger partial charge in [-0.15, -0.1) is 0 Å². The minimum Gasteiger partial charge on any atom is -0.456 e. The van der Waals surface area contributed by atoms with Crippen LogP contribution in [-0.4, -0.2) is 4.98 Å². The molecule has 1 aliphatic carbocycles. The van der Waals surface area contributed by atoms with Crippen LogP contribution >= 0.6 is 0 Å². The molecule has 3 aromatic rings. The fourth-order valence-electron chi connectivity index (χ4n) is 3.32. The van der Waals surface area contributed by atoms with Gasteiger partial charge >= 0.3 is 0 Å². The molecule has 0 saturated carbocycles. The highest BCUT2D eigenvalue weighted by molar-refractivity contribution is 5.87. The first kappa shape index (κ1) is 14.3. The number of benzene rings is 2. The quantitative estimate of drug-likeness (QED) is 0.624. The molecule has 0 aliphatic heterocycles. The van der Waals surface area contributed by atoms with Crippen LogP contribution < -0.4 is 4.74 Å². The highest BCUT2D eigenvalue weighted by atomic mass is 16.5. The third-order valence-electron chi connectivity index (χ3n) is 4.63. The summed E-state index contributed by atoms with van der Waals surface area (Å²) in [5.41, 5.74) is 4.86. The molecule has 0 bridgehead atoms. The molecule has 0 radical (unpaired) electrons. The van der Waals surface area contributed by atoms with Crippen LogP contribution in [0.4, 0.5) is 0 Å². The molecule has 0 atom stereocenters. The molecule has 1 heterocycles. The molecule has 0 N–H and O–H groups in total. The minimum atomic E-state index is 0.537. The molecule has 0 amide bonds. The largest absolute Gasteiger partial charge is 0.456 e. The topological polar surface area (TPSA) is 22.1 Å². The van der Waals surface area contributed by atoms with Crippen molar-refractivity contribution < 1.29 is 4.74 Å². The lowest BCUT2D eigenvalue weighted by Crippen LogP contribution is -1.96. The number of aromatic nitrogens is 1. The van der Waals surface area contributed by atoms with E-state index in [1.165, 1.54) is 23.2 Å². The molecular weight excluding hydrogens is 282 g/mol. The third-order valence-corrected chi connectivity index (χ3v) is 4.63.